The molecule has 0 atom stereocenters. The van der Waals surface area contributed by atoms with Crippen molar-refractivity contribution >= 4 is 16.7 Å². The van der Waals surface area contributed by atoms with Gasteiger partial charge in [-0.1, -0.05) is 25.5 Å². The van der Waals surface area contributed by atoms with Gasteiger partial charge >= 0.3 is 0 Å². The molecule has 0 radical (unpaired) electrons. The Bertz CT molecular complexity index is 995. The summed E-state index contributed by atoms with van der Waals surface area (Å²) in [6.07, 6.45) is 1.67. The number of carbonyl (C=O) groups excluding carboxylic acids is 1. The Kier molecular flexibility index (Phi) is 5.31. The number of benzene rings is 2. The molecular weight excluding hydrogens is 342 g/mol. The number of rotatable bonds is 6. The maximum absolute atomic E-state index is 12.6. The summed E-state index contributed by atoms with van der Waals surface area (Å²) in [7, 11) is 3.17. The number of pyridine rings is 1. The van der Waals surface area contributed by atoms with E-state index in [0.717, 1.165) is 10.9 Å². The van der Waals surface area contributed by atoms with Crippen molar-refractivity contribution in [3.8, 4) is 23.0 Å². The second-order valence-corrected chi connectivity index (χ2v) is 6.65. The molecule has 2 aromatic carbocycles. The molecule has 0 amide bonds. The van der Waals surface area contributed by atoms with Crippen LogP contribution in [0.25, 0.3) is 10.9 Å². The molecule has 0 aliphatic heterocycles. The van der Waals surface area contributed by atoms with E-state index in [9.17, 15) is 4.79 Å². The van der Waals surface area contributed by atoms with Gasteiger partial charge in [0.1, 0.15) is 11.5 Å². The fourth-order valence-corrected chi connectivity index (χ4v) is 2.89. The maximum atomic E-state index is 12.6. The predicted octanol–water partition coefficient (Wildman–Crippen LogP) is 5.19. The number of ketones is 1. The van der Waals surface area contributed by atoms with Crippen molar-refractivity contribution < 1.29 is 19.0 Å². The molecule has 0 fully saturated rings. The van der Waals surface area contributed by atoms with Crippen LogP contribution in [0.15, 0.2) is 42.6 Å². The molecule has 5 nitrogen and oxygen atoms in total. The summed E-state index contributed by atoms with van der Waals surface area (Å²) in [4.78, 5) is 17.0. The van der Waals surface area contributed by atoms with Gasteiger partial charge < -0.3 is 14.2 Å². The fourth-order valence-electron chi connectivity index (χ4n) is 2.89. The molecule has 140 valence electrons. The second kappa shape index (κ2) is 7.66. The number of hydrogen-bond acceptors (Lipinski definition) is 5. The van der Waals surface area contributed by atoms with Gasteiger partial charge in [-0.15, -0.1) is 0 Å². The van der Waals surface area contributed by atoms with Gasteiger partial charge in [0, 0.05) is 23.6 Å². The largest absolute Gasteiger partial charge is 0.493 e. The molecular formula is C22H23NO4. The number of methoxy groups -OCH3 is 2. The molecule has 0 saturated carbocycles. The van der Waals surface area contributed by atoms with Crippen molar-refractivity contribution in [2.24, 2.45) is 5.92 Å². The number of nitrogens with zero attached hydrogens (tertiary/aromatic N) is 1. The molecule has 0 aliphatic rings. The lowest BCUT2D eigenvalue weighted by molar-refractivity contribution is 0.0937. The van der Waals surface area contributed by atoms with Crippen LogP contribution in [0.3, 0.4) is 0 Å². The molecule has 0 unspecified atom stereocenters. The van der Waals surface area contributed by atoms with Crippen LogP contribution in [0, 0.1) is 12.8 Å². The number of fused-ring (bicyclic) bond motifs is 1. The minimum Gasteiger partial charge on any atom is -0.493 e. The summed E-state index contributed by atoms with van der Waals surface area (Å²) in [6.45, 7) is 5.72. The highest BCUT2D eigenvalue weighted by Crippen LogP contribution is 2.37. The summed E-state index contributed by atoms with van der Waals surface area (Å²) in [5, 5.41) is 0.777. The molecule has 27 heavy (non-hydrogen) atoms. The predicted molar refractivity (Wildman–Crippen MR) is 105 cm³/mol. The Balaban J connectivity index is 2.11. The Hall–Kier alpha value is -3.08. The van der Waals surface area contributed by atoms with Crippen LogP contribution in [0.2, 0.25) is 0 Å². The lowest BCUT2D eigenvalue weighted by Gasteiger charge is -2.15. The van der Waals surface area contributed by atoms with Crippen LogP contribution in [0.1, 0.15) is 29.8 Å². The van der Waals surface area contributed by atoms with Crippen molar-refractivity contribution in [1.29, 1.82) is 0 Å². The lowest BCUT2D eigenvalue weighted by Crippen LogP contribution is -2.09. The average molecular weight is 365 g/mol. The van der Waals surface area contributed by atoms with E-state index in [1.807, 2.05) is 45.0 Å². The summed E-state index contributed by atoms with van der Waals surface area (Å²) < 4.78 is 16.9. The number of ether oxygens (including phenoxy) is 3. The minimum absolute atomic E-state index is 0.0475. The topological polar surface area (TPSA) is 57.7 Å². The molecule has 0 aliphatic carbocycles. The number of carbonyl (C=O) groups is 1. The third-order valence-corrected chi connectivity index (χ3v) is 4.35. The Morgan fingerprint density at radius 2 is 1.63 bits per heavy atom. The van der Waals surface area contributed by atoms with Gasteiger partial charge in [0.2, 0.25) is 0 Å². The van der Waals surface area contributed by atoms with Gasteiger partial charge in [-0.2, -0.15) is 0 Å². The van der Waals surface area contributed by atoms with Crippen molar-refractivity contribution in [2.75, 3.05) is 14.2 Å². The highest BCUT2D eigenvalue weighted by molar-refractivity contribution is 6.00. The first-order chi connectivity index (χ1) is 12.9. The van der Waals surface area contributed by atoms with E-state index < -0.39 is 0 Å². The average Bonchev–Trinajstić information content (AvgIpc) is 2.67. The van der Waals surface area contributed by atoms with E-state index in [1.54, 1.807) is 32.5 Å². The highest BCUT2D eigenvalue weighted by atomic mass is 16.5. The van der Waals surface area contributed by atoms with E-state index in [1.165, 1.54) is 0 Å². The van der Waals surface area contributed by atoms with Gasteiger partial charge in [-0.25, -0.2) is 0 Å². The number of aryl methyl sites for hydroxylation is 1. The molecule has 1 heterocycles. The third-order valence-electron chi connectivity index (χ3n) is 4.35. The zero-order valence-electron chi connectivity index (χ0n) is 16.2. The molecule has 0 bridgehead atoms. The van der Waals surface area contributed by atoms with Crippen LogP contribution in [-0.4, -0.2) is 25.0 Å². The van der Waals surface area contributed by atoms with E-state index in [-0.39, 0.29) is 11.7 Å². The van der Waals surface area contributed by atoms with Crippen LogP contribution < -0.4 is 14.2 Å². The fraction of sp³-hybridized carbons (Fsp3) is 0.273. The zero-order chi connectivity index (χ0) is 19.6. The van der Waals surface area contributed by atoms with Crippen molar-refractivity contribution in [2.45, 2.75) is 20.8 Å². The van der Waals surface area contributed by atoms with Crippen LogP contribution in [-0.2, 0) is 0 Å². The summed E-state index contributed by atoms with van der Waals surface area (Å²) in [6, 6.07) is 11.0. The lowest BCUT2D eigenvalue weighted by atomic mass is 9.98. The molecule has 5 heteroatoms. The third kappa shape index (κ3) is 3.72. The minimum atomic E-state index is -0.118. The standard InChI is InChI=1S/C22H23NO4/c1-13(2)22(24)16-10-14(3)6-7-18(16)27-19-8-9-23-17-12-21(26-5)20(25-4)11-15(17)19/h6-13H,1-5H3. The molecule has 0 saturated heterocycles. The van der Waals surface area contributed by atoms with Gasteiger partial charge in [0.25, 0.3) is 0 Å². The summed E-state index contributed by atoms with van der Waals surface area (Å²) >= 11 is 0. The first-order valence-electron chi connectivity index (χ1n) is 8.78. The number of aromatic nitrogens is 1. The maximum Gasteiger partial charge on any atom is 0.169 e. The first kappa shape index (κ1) is 18.7. The SMILES string of the molecule is COc1cc2nccc(Oc3ccc(C)cc3C(=O)C(C)C)c2cc1OC. The molecule has 3 rings (SSSR count). The normalized spacial score (nSPS) is 10.9. The zero-order valence-corrected chi connectivity index (χ0v) is 16.2. The van der Waals surface area contributed by atoms with E-state index in [0.29, 0.717) is 34.1 Å². The molecule has 0 N–H and O–H groups in total. The summed E-state index contributed by atoms with van der Waals surface area (Å²) in [5.74, 6) is 2.24. The number of hydrogen-bond donors (Lipinski definition) is 0. The van der Waals surface area contributed by atoms with E-state index >= 15 is 0 Å². The van der Waals surface area contributed by atoms with Crippen molar-refractivity contribution in [3.63, 3.8) is 0 Å². The van der Waals surface area contributed by atoms with Crippen LogP contribution >= 0.6 is 0 Å². The highest BCUT2D eigenvalue weighted by Gasteiger charge is 2.18. The number of Topliss-reactive ketones (excluding diaryl/α,β-unsaturated/α-hetero) is 1. The van der Waals surface area contributed by atoms with Gasteiger partial charge in [0.05, 0.1) is 25.3 Å². The monoisotopic (exact) mass is 365 g/mol. The van der Waals surface area contributed by atoms with E-state index in [2.05, 4.69) is 4.98 Å². The van der Waals surface area contributed by atoms with E-state index in [4.69, 9.17) is 14.2 Å². The Labute approximate surface area is 158 Å². The quantitative estimate of drug-likeness (QED) is 0.563. The van der Waals surface area contributed by atoms with Gasteiger partial charge in [-0.05, 0) is 31.2 Å². The second-order valence-electron chi connectivity index (χ2n) is 6.65. The molecule has 0 spiro atoms. The smallest absolute Gasteiger partial charge is 0.169 e. The van der Waals surface area contributed by atoms with Gasteiger partial charge in [-0.3, -0.25) is 9.78 Å². The molecule has 1 aromatic heterocycles. The Morgan fingerprint density at radius 3 is 2.30 bits per heavy atom. The molecule has 3 aromatic rings. The van der Waals surface area contributed by atoms with Crippen LogP contribution in [0.5, 0.6) is 23.0 Å². The first-order valence-corrected chi connectivity index (χ1v) is 8.78. The van der Waals surface area contributed by atoms with Crippen molar-refractivity contribution in [1.82, 2.24) is 4.98 Å². The van der Waals surface area contributed by atoms with Gasteiger partial charge in [0.15, 0.2) is 17.3 Å². The summed E-state index contributed by atoms with van der Waals surface area (Å²) in [5.41, 5.74) is 2.31. The van der Waals surface area contributed by atoms with Crippen LogP contribution in [0.4, 0.5) is 0 Å². The van der Waals surface area contributed by atoms with Crippen molar-refractivity contribution in [3.05, 3.63) is 53.7 Å². The Morgan fingerprint density at radius 1 is 0.926 bits per heavy atom.